The van der Waals surface area contributed by atoms with Gasteiger partial charge in [-0.1, -0.05) is 18.5 Å². The largest absolute Gasteiger partial charge is 0.316 e. The van der Waals surface area contributed by atoms with Crippen LogP contribution < -0.4 is 10.7 Å². The average molecular weight is 294 g/mol. The molecule has 1 aliphatic rings. The molecule has 1 heterocycles. The highest BCUT2D eigenvalue weighted by Crippen LogP contribution is 2.25. The number of halogens is 1. The van der Waals surface area contributed by atoms with E-state index < -0.39 is 0 Å². The second kappa shape index (κ2) is 6.15. The van der Waals surface area contributed by atoms with Crippen molar-refractivity contribution in [3.05, 3.63) is 33.8 Å². The molecule has 0 spiro atoms. The molecule has 5 nitrogen and oxygen atoms in total. The zero-order valence-electron chi connectivity index (χ0n) is 11.4. The summed E-state index contributed by atoms with van der Waals surface area (Å²) in [5.74, 6) is -0.0726. The Morgan fingerprint density at radius 3 is 2.90 bits per heavy atom. The summed E-state index contributed by atoms with van der Waals surface area (Å²) in [5.41, 5.74) is 5.39. The van der Waals surface area contributed by atoms with Gasteiger partial charge in [-0.05, 0) is 30.3 Å². The molecule has 6 heteroatoms. The van der Waals surface area contributed by atoms with Crippen LogP contribution in [0.4, 0.5) is 0 Å². The molecule has 0 radical (unpaired) electrons. The number of aldehydes is 1. The highest BCUT2D eigenvalue weighted by molar-refractivity contribution is 6.33. The maximum atomic E-state index is 11.3. The quantitative estimate of drug-likeness (QED) is 0.831. The average Bonchev–Trinajstić information content (AvgIpc) is 2.38. The van der Waals surface area contributed by atoms with E-state index in [0.29, 0.717) is 23.6 Å². The van der Waals surface area contributed by atoms with Crippen LogP contribution in [-0.2, 0) is 11.3 Å². The molecular formula is C14H16ClN3O2. The van der Waals surface area contributed by atoms with Gasteiger partial charge in [0.15, 0.2) is 6.29 Å². The fraction of sp³-hybridized carbons (Fsp3) is 0.357. The van der Waals surface area contributed by atoms with Gasteiger partial charge in [0.25, 0.3) is 0 Å². The lowest BCUT2D eigenvalue weighted by molar-refractivity contribution is -0.121. The predicted octanol–water partition coefficient (Wildman–Crippen LogP) is 1.73. The summed E-state index contributed by atoms with van der Waals surface area (Å²) in [4.78, 5) is 22.4. The van der Waals surface area contributed by atoms with Crippen LogP contribution in [0, 0.1) is 5.92 Å². The molecule has 0 fully saturated rings. The van der Waals surface area contributed by atoms with Crippen LogP contribution in [0.2, 0.25) is 5.02 Å². The number of carbonyl (C=O) groups excluding carboxylic acids is 2. The normalized spacial score (nSPS) is 18.4. The van der Waals surface area contributed by atoms with Crippen LogP contribution in [0.3, 0.4) is 0 Å². The molecule has 20 heavy (non-hydrogen) atoms. The molecule has 0 aliphatic carbocycles. The van der Waals surface area contributed by atoms with Gasteiger partial charge < -0.3 is 5.32 Å². The number of carbonyl (C=O) groups is 2. The zero-order chi connectivity index (χ0) is 14.7. The molecule has 1 unspecified atom stereocenters. The number of hydrogen-bond acceptors (Lipinski definition) is 4. The van der Waals surface area contributed by atoms with Crippen molar-refractivity contribution in [2.45, 2.75) is 19.9 Å². The molecule has 1 atom stereocenters. The van der Waals surface area contributed by atoms with Crippen LogP contribution in [0.1, 0.15) is 34.8 Å². The van der Waals surface area contributed by atoms with E-state index >= 15 is 0 Å². The number of amides is 1. The highest BCUT2D eigenvalue weighted by Gasteiger charge is 2.23. The minimum absolute atomic E-state index is 0.0179. The summed E-state index contributed by atoms with van der Waals surface area (Å²) < 4.78 is 0. The first-order valence-corrected chi connectivity index (χ1v) is 6.73. The first-order valence-electron chi connectivity index (χ1n) is 6.35. The lowest BCUT2D eigenvalue weighted by Crippen LogP contribution is -2.32. The highest BCUT2D eigenvalue weighted by atomic mass is 35.5. The molecule has 2 rings (SSSR count). The number of nitrogens with zero attached hydrogens (tertiary/aromatic N) is 1. The van der Waals surface area contributed by atoms with E-state index in [1.807, 2.05) is 13.0 Å². The Labute approximate surface area is 122 Å². The van der Waals surface area contributed by atoms with Gasteiger partial charge in [0, 0.05) is 24.4 Å². The number of benzene rings is 1. The third kappa shape index (κ3) is 2.89. The van der Waals surface area contributed by atoms with Gasteiger partial charge in [0.2, 0.25) is 5.91 Å². The van der Waals surface area contributed by atoms with Crippen molar-refractivity contribution in [2.24, 2.45) is 11.0 Å². The third-order valence-corrected chi connectivity index (χ3v) is 3.57. The minimum atomic E-state index is -0.0905. The predicted molar refractivity (Wildman–Crippen MR) is 78.1 cm³/mol. The Balaban J connectivity index is 2.47. The third-order valence-electron chi connectivity index (χ3n) is 3.26. The molecule has 1 aromatic carbocycles. The standard InChI is InChI=1S/C14H16ClN3O2/c1-8-3-13(20)17-18-14(8)9-4-10(6-16-2)11(7-19)12(15)5-9/h4-5,7-8,16H,3,6H2,1-2H3,(H,17,20). The van der Waals surface area contributed by atoms with Crippen LogP contribution in [0.5, 0.6) is 0 Å². The van der Waals surface area contributed by atoms with Gasteiger partial charge in [0.1, 0.15) is 0 Å². The topological polar surface area (TPSA) is 70.6 Å². The molecule has 0 aromatic heterocycles. The van der Waals surface area contributed by atoms with Crippen LogP contribution in [0.15, 0.2) is 17.2 Å². The van der Waals surface area contributed by atoms with E-state index in [-0.39, 0.29) is 11.8 Å². The van der Waals surface area contributed by atoms with Crippen LogP contribution in [0.25, 0.3) is 0 Å². The SMILES string of the molecule is CNCc1cc(C2=NNC(=O)CC2C)cc(Cl)c1C=O. The summed E-state index contributed by atoms with van der Waals surface area (Å²) >= 11 is 6.16. The summed E-state index contributed by atoms with van der Waals surface area (Å²) in [6, 6.07) is 3.61. The van der Waals surface area contributed by atoms with Crippen LogP contribution in [-0.4, -0.2) is 25.0 Å². The van der Waals surface area contributed by atoms with E-state index in [1.165, 1.54) is 0 Å². The number of nitrogens with one attached hydrogen (secondary N) is 2. The molecular weight excluding hydrogens is 278 g/mol. The number of rotatable bonds is 4. The fourth-order valence-electron chi connectivity index (χ4n) is 2.29. The fourth-order valence-corrected chi connectivity index (χ4v) is 2.58. The monoisotopic (exact) mass is 293 g/mol. The van der Waals surface area contributed by atoms with Gasteiger partial charge in [-0.3, -0.25) is 9.59 Å². The summed E-state index contributed by atoms with van der Waals surface area (Å²) in [5, 5.41) is 7.51. The zero-order valence-corrected chi connectivity index (χ0v) is 12.1. The van der Waals surface area contributed by atoms with Crippen molar-refractivity contribution < 1.29 is 9.59 Å². The second-order valence-electron chi connectivity index (χ2n) is 4.82. The molecule has 1 aromatic rings. The van der Waals surface area contributed by atoms with Crippen molar-refractivity contribution in [2.75, 3.05) is 7.05 Å². The van der Waals surface area contributed by atoms with E-state index in [2.05, 4.69) is 15.8 Å². The first kappa shape index (κ1) is 14.7. The lowest BCUT2D eigenvalue weighted by Gasteiger charge is -2.20. The van der Waals surface area contributed by atoms with Crippen molar-refractivity contribution in [1.82, 2.24) is 10.7 Å². The van der Waals surface area contributed by atoms with E-state index in [9.17, 15) is 9.59 Å². The Bertz CT molecular complexity index is 584. The van der Waals surface area contributed by atoms with Gasteiger partial charge in [-0.15, -0.1) is 0 Å². The molecule has 1 amide bonds. The Hall–Kier alpha value is -1.72. The minimum Gasteiger partial charge on any atom is -0.316 e. The molecule has 0 saturated carbocycles. The summed E-state index contributed by atoms with van der Waals surface area (Å²) in [6.45, 7) is 2.48. The molecule has 106 valence electrons. The summed E-state index contributed by atoms with van der Waals surface area (Å²) in [7, 11) is 1.80. The smallest absolute Gasteiger partial charge is 0.240 e. The van der Waals surface area contributed by atoms with Crippen molar-refractivity contribution in [3.8, 4) is 0 Å². The number of hydrogen-bond donors (Lipinski definition) is 2. The second-order valence-corrected chi connectivity index (χ2v) is 5.22. The maximum absolute atomic E-state index is 11.3. The number of hydrazone groups is 1. The lowest BCUT2D eigenvalue weighted by atomic mass is 9.92. The van der Waals surface area contributed by atoms with E-state index in [1.54, 1.807) is 13.1 Å². The van der Waals surface area contributed by atoms with Crippen molar-refractivity contribution >= 4 is 29.5 Å². The molecule has 0 saturated heterocycles. The van der Waals surface area contributed by atoms with E-state index in [0.717, 1.165) is 23.1 Å². The molecule has 1 aliphatic heterocycles. The first-order chi connectivity index (χ1) is 9.56. The Kier molecular flexibility index (Phi) is 4.52. The Morgan fingerprint density at radius 1 is 1.55 bits per heavy atom. The molecule has 0 bridgehead atoms. The van der Waals surface area contributed by atoms with Gasteiger partial charge >= 0.3 is 0 Å². The Morgan fingerprint density at radius 2 is 2.30 bits per heavy atom. The van der Waals surface area contributed by atoms with Crippen molar-refractivity contribution in [1.29, 1.82) is 0 Å². The van der Waals surface area contributed by atoms with Crippen molar-refractivity contribution in [3.63, 3.8) is 0 Å². The summed E-state index contributed by atoms with van der Waals surface area (Å²) in [6.07, 6.45) is 1.15. The van der Waals surface area contributed by atoms with Crippen LogP contribution >= 0.6 is 11.6 Å². The maximum Gasteiger partial charge on any atom is 0.240 e. The molecule has 2 N–H and O–H groups in total. The van der Waals surface area contributed by atoms with E-state index in [4.69, 9.17) is 11.6 Å². The van der Waals surface area contributed by atoms with Gasteiger partial charge in [-0.25, -0.2) is 5.43 Å². The van der Waals surface area contributed by atoms with Gasteiger partial charge in [0.05, 0.1) is 10.7 Å². The van der Waals surface area contributed by atoms with Gasteiger partial charge in [-0.2, -0.15) is 5.10 Å².